The Morgan fingerprint density at radius 3 is 2.43 bits per heavy atom. The largest absolute Gasteiger partial charge is 0.395 e. The second-order valence-electron chi connectivity index (χ2n) is 7.72. The number of benzene rings is 1. The van der Waals surface area contributed by atoms with Crippen LogP contribution in [0.3, 0.4) is 0 Å². The molecular weight excluding hydrogens is 358 g/mol. The number of aliphatic hydroxyl groups excluding tert-OH is 1. The molecule has 1 N–H and O–H groups in total. The summed E-state index contributed by atoms with van der Waals surface area (Å²) in [7, 11) is 1.60. The Balaban J connectivity index is 1.76. The summed E-state index contributed by atoms with van der Waals surface area (Å²) in [4.78, 5) is 31.8. The van der Waals surface area contributed by atoms with Crippen molar-refractivity contribution in [3.63, 3.8) is 0 Å². The molecule has 1 spiro atoms. The van der Waals surface area contributed by atoms with Crippen molar-refractivity contribution in [3.05, 3.63) is 35.9 Å². The standard InChI is InChI=1S/C21H31N3O4/c1-17(16-25)22-12-9-21(10-13-22)19(26)23(20(27)24(21)14-15-28-2)11-8-18-6-4-3-5-7-18/h3-7,17,25H,8-16H2,1-2H3. The summed E-state index contributed by atoms with van der Waals surface area (Å²) in [6, 6.07) is 9.77. The van der Waals surface area contributed by atoms with Crippen molar-refractivity contribution < 1.29 is 19.4 Å². The number of likely N-dealkylation sites (tertiary alicyclic amines) is 1. The minimum Gasteiger partial charge on any atom is -0.395 e. The molecule has 2 aliphatic heterocycles. The normalized spacial score (nSPS) is 21.0. The Hall–Kier alpha value is -1.96. The lowest BCUT2D eigenvalue weighted by molar-refractivity contribution is -0.136. The number of nitrogens with zero attached hydrogens (tertiary/aromatic N) is 3. The summed E-state index contributed by atoms with van der Waals surface area (Å²) in [6.45, 7) is 4.67. The molecule has 2 saturated heterocycles. The minimum atomic E-state index is -0.780. The Morgan fingerprint density at radius 1 is 1.14 bits per heavy atom. The first-order chi connectivity index (χ1) is 13.5. The van der Waals surface area contributed by atoms with E-state index in [1.807, 2.05) is 37.3 Å². The van der Waals surface area contributed by atoms with Crippen molar-refractivity contribution in [3.8, 4) is 0 Å². The van der Waals surface area contributed by atoms with Gasteiger partial charge < -0.3 is 14.7 Å². The molecule has 0 aromatic heterocycles. The topological polar surface area (TPSA) is 73.3 Å². The van der Waals surface area contributed by atoms with Crippen LogP contribution in [0.15, 0.2) is 30.3 Å². The molecular formula is C21H31N3O4. The number of piperidine rings is 1. The van der Waals surface area contributed by atoms with Crippen LogP contribution in [0.25, 0.3) is 0 Å². The molecule has 1 aromatic rings. The number of carbonyl (C=O) groups is 2. The first-order valence-corrected chi connectivity index (χ1v) is 10.0. The Labute approximate surface area is 166 Å². The van der Waals surface area contributed by atoms with Gasteiger partial charge in [0.2, 0.25) is 0 Å². The van der Waals surface area contributed by atoms with Gasteiger partial charge >= 0.3 is 6.03 Å². The highest BCUT2D eigenvalue weighted by Gasteiger charge is 2.57. The van der Waals surface area contributed by atoms with Crippen LogP contribution < -0.4 is 0 Å². The van der Waals surface area contributed by atoms with Crippen LogP contribution in [0.4, 0.5) is 4.79 Å². The van der Waals surface area contributed by atoms with Gasteiger partial charge in [-0.2, -0.15) is 0 Å². The van der Waals surface area contributed by atoms with Crippen molar-refractivity contribution in [1.82, 2.24) is 14.7 Å². The molecule has 0 saturated carbocycles. The summed E-state index contributed by atoms with van der Waals surface area (Å²) >= 11 is 0. The highest BCUT2D eigenvalue weighted by Crippen LogP contribution is 2.37. The zero-order valence-corrected chi connectivity index (χ0v) is 16.8. The van der Waals surface area contributed by atoms with Gasteiger partial charge in [-0.05, 0) is 31.7 Å². The molecule has 7 heteroatoms. The number of methoxy groups -OCH3 is 1. The Bertz CT molecular complexity index is 673. The van der Waals surface area contributed by atoms with E-state index in [2.05, 4.69) is 4.90 Å². The van der Waals surface area contributed by atoms with E-state index in [-0.39, 0.29) is 24.6 Å². The zero-order chi connectivity index (χ0) is 20.1. The number of ether oxygens (including phenoxy) is 1. The van der Waals surface area contributed by atoms with Gasteiger partial charge in [-0.25, -0.2) is 4.79 Å². The molecule has 28 heavy (non-hydrogen) atoms. The molecule has 3 rings (SSSR count). The molecule has 1 aromatic carbocycles. The first kappa shape index (κ1) is 20.8. The number of imide groups is 1. The second kappa shape index (κ2) is 9.03. The number of hydrogen-bond acceptors (Lipinski definition) is 5. The predicted octanol–water partition coefficient (Wildman–Crippen LogP) is 1.36. The lowest BCUT2D eigenvalue weighted by Crippen LogP contribution is -2.58. The van der Waals surface area contributed by atoms with Crippen LogP contribution in [0.5, 0.6) is 0 Å². The summed E-state index contributed by atoms with van der Waals surface area (Å²) < 4.78 is 5.20. The molecule has 1 unspecified atom stereocenters. The fourth-order valence-corrected chi connectivity index (χ4v) is 4.29. The molecule has 0 bridgehead atoms. The molecule has 3 amide bonds. The van der Waals surface area contributed by atoms with Gasteiger partial charge in [0.05, 0.1) is 13.2 Å². The van der Waals surface area contributed by atoms with E-state index >= 15 is 0 Å². The molecule has 7 nitrogen and oxygen atoms in total. The van der Waals surface area contributed by atoms with Gasteiger partial charge in [0.1, 0.15) is 5.54 Å². The van der Waals surface area contributed by atoms with E-state index < -0.39 is 5.54 Å². The highest BCUT2D eigenvalue weighted by molar-refractivity contribution is 6.07. The van der Waals surface area contributed by atoms with Crippen LogP contribution in [-0.4, -0.2) is 89.8 Å². The van der Waals surface area contributed by atoms with E-state index in [1.165, 1.54) is 4.90 Å². The molecule has 2 aliphatic rings. The summed E-state index contributed by atoms with van der Waals surface area (Å²) in [6.07, 6.45) is 1.83. The highest BCUT2D eigenvalue weighted by atomic mass is 16.5. The summed E-state index contributed by atoms with van der Waals surface area (Å²) in [5, 5.41) is 9.43. The Kier molecular flexibility index (Phi) is 6.69. The van der Waals surface area contributed by atoms with Crippen molar-refractivity contribution in [1.29, 1.82) is 0 Å². The third kappa shape index (κ3) is 3.92. The van der Waals surface area contributed by atoms with Crippen molar-refractivity contribution in [2.24, 2.45) is 0 Å². The average molecular weight is 389 g/mol. The fraction of sp³-hybridized carbons (Fsp3) is 0.619. The average Bonchev–Trinajstić information content (AvgIpc) is 2.92. The van der Waals surface area contributed by atoms with Crippen LogP contribution in [0.2, 0.25) is 0 Å². The number of amides is 3. The number of aliphatic hydroxyl groups is 1. The van der Waals surface area contributed by atoms with Crippen LogP contribution in [0.1, 0.15) is 25.3 Å². The third-order valence-corrected chi connectivity index (χ3v) is 6.12. The van der Waals surface area contributed by atoms with E-state index in [0.717, 1.165) is 5.56 Å². The zero-order valence-electron chi connectivity index (χ0n) is 16.8. The number of hydrogen-bond donors (Lipinski definition) is 1. The SMILES string of the molecule is COCCN1C(=O)N(CCc2ccccc2)C(=O)C12CCN(C(C)CO)CC2. The van der Waals surface area contributed by atoms with Crippen LogP contribution in [-0.2, 0) is 16.0 Å². The van der Waals surface area contributed by atoms with E-state index in [9.17, 15) is 14.7 Å². The van der Waals surface area contributed by atoms with Crippen molar-refractivity contribution >= 4 is 11.9 Å². The van der Waals surface area contributed by atoms with E-state index in [4.69, 9.17) is 4.74 Å². The third-order valence-electron chi connectivity index (χ3n) is 6.12. The van der Waals surface area contributed by atoms with Crippen molar-refractivity contribution in [2.45, 2.75) is 37.8 Å². The maximum atomic E-state index is 13.4. The molecule has 2 heterocycles. The van der Waals surface area contributed by atoms with Gasteiger partial charge in [0, 0.05) is 39.3 Å². The van der Waals surface area contributed by atoms with Gasteiger partial charge in [0.25, 0.3) is 5.91 Å². The molecule has 0 aliphatic carbocycles. The number of carbonyl (C=O) groups excluding carboxylic acids is 2. The van der Waals surface area contributed by atoms with Crippen molar-refractivity contribution in [2.75, 3.05) is 46.5 Å². The maximum absolute atomic E-state index is 13.4. The maximum Gasteiger partial charge on any atom is 0.327 e. The fourth-order valence-electron chi connectivity index (χ4n) is 4.29. The Morgan fingerprint density at radius 2 is 1.82 bits per heavy atom. The van der Waals surface area contributed by atoms with Gasteiger partial charge in [-0.1, -0.05) is 30.3 Å². The van der Waals surface area contributed by atoms with Crippen LogP contribution >= 0.6 is 0 Å². The van der Waals surface area contributed by atoms with Gasteiger partial charge in [-0.3, -0.25) is 14.6 Å². The van der Waals surface area contributed by atoms with Gasteiger partial charge in [0.15, 0.2) is 0 Å². The van der Waals surface area contributed by atoms with Crippen LogP contribution in [0, 0.1) is 0 Å². The quantitative estimate of drug-likeness (QED) is 0.680. The molecule has 1 atom stereocenters. The lowest BCUT2D eigenvalue weighted by Gasteiger charge is -2.43. The molecule has 154 valence electrons. The first-order valence-electron chi connectivity index (χ1n) is 10.0. The molecule has 2 fully saturated rings. The number of rotatable bonds is 8. The lowest BCUT2D eigenvalue weighted by atomic mass is 9.85. The summed E-state index contributed by atoms with van der Waals surface area (Å²) in [5.41, 5.74) is 0.330. The minimum absolute atomic E-state index is 0.0613. The molecule has 0 radical (unpaired) electrons. The predicted molar refractivity (Wildman–Crippen MR) is 106 cm³/mol. The van der Waals surface area contributed by atoms with E-state index in [0.29, 0.717) is 52.0 Å². The second-order valence-corrected chi connectivity index (χ2v) is 7.72. The summed E-state index contributed by atoms with van der Waals surface area (Å²) in [5.74, 6) is -0.0826. The van der Waals surface area contributed by atoms with Gasteiger partial charge in [-0.15, -0.1) is 0 Å². The smallest absolute Gasteiger partial charge is 0.327 e. The number of urea groups is 1. The van der Waals surface area contributed by atoms with E-state index in [1.54, 1.807) is 12.0 Å². The monoisotopic (exact) mass is 389 g/mol.